The Hall–Kier alpha value is -0.370. The maximum atomic E-state index is 12.3. The van der Waals surface area contributed by atoms with E-state index in [-0.39, 0.29) is 15.0 Å². The maximum absolute atomic E-state index is 12.3. The number of hydrogen-bond acceptors (Lipinski definition) is 4. The molecular formula is C13H21BrN2O3S. The first-order valence-electron chi connectivity index (χ1n) is 6.91. The standard InChI is InChI=1S/C13H21BrN2O3S/c1-3-13(5-6-13)9-16-20(17,18)11-7-10(8-15-4-2)19-12(11)14/h7,15-16H,3-6,8-9H2,1-2H3. The third-order valence-corrected chi connectivity index (χ3v) is 6.15. The van der Waals surface area contributed by atoms with Gasteiger partial charge in [-0.2, -0.15) is 0 Å². The highest BCUT2D eigenvalue weighted by Crippen LogP contribution is 2.48. The Morgan fingerprint density at radius 3 is 2.65 bits per heavy atom. The molecule has 114 valence electrons. The highest BCUT2D eigenvalue weighted by Gasteiger charge is 2.41. The second kappa shape index (κ2) is 6.17. The van der Waals surface area contributed by atoms with E-state index in [0.717, 1.165) is 25.8 Å². The second-order valence-corrected chi connectivity index (χ2v) is 7.76. The predicted octanol–water partition coefficient (Wildman–Crippen LogP) is 2.62. The molecular weight excluding hydrogens is 344 g/mol. The number of hydrogen-bond donors (Lipinski definition) is 2. The van der Waals surface area contributed by atoms with Crippen molar-refractivity contribution in [1.82, 2.24) is 10.0 Å². The lowest BCUT2D eigenvalue weighted by Crippen LogP contribution is -2.30. The molecule has 2 rings (SSSR count). The third-order valence-electron chi connectivity index (χ3n) is 3.89. The first-order chi connectivity index (χ1) is 9.42. The zero-order chi connectivity index (χ0) is 14.8. The van der Waals surface area contributed by atoms with Crippen LogP contribution in [0.5, 0.6) is 0 Å². The van der Waals surface area contributed by atoms with Crippen LogP contribution in [0.4, 0.5) is 0 Å². The topological polar surface area (TPSA) is 71.3 Å². The Kier molecular flexibility index (Phi) is 4.94. The highest BCUT2D eigenvalue weighted by molar-refractivity contribution is 9.10. The molecule has 20 heavy (non-hydrogen) atoms. The van der Waals surface area contributed by atoms with E-state index < -0.39 is 10.0 Å². The zero-order valence-corrected chi connectivity index (χ0v) is 14.2. The van der Waals surface area contributed by atoms with Gasteiger partial charge in [-0.1, -0.05) is 13.8 Å². The molecule has 0 bridgehead atoms. The predicted molar refractivity (Wildman–Crippen MR) is 80.9 cm³/mol. The second-order valence-electron chi connectivity index (χ2n) is 5.31. The Balaban J connectivity index is 2.06. The van der Waals surface area contributed by atoms with E-state index >= 15 is 0 Å². The maximum Gasteiger partial charge on any atom is 0.244 e. The van der Waals surface area contributed by atoms with Crippen LogP contribution in [0.2, 0.25) is 0 Å². The Morgan fingerprint density at radius 2 is 2.10 bits per heavy atom. The van der Waals surface area contributed by atoms with Crippen LogP contribution in [-0.4, -0.2) is 21.5 Å². The molecule has 0 spiro atoms. The van der Waals surface area contributed by atoms with Gasteiger partial charge in [-0.25, -0.2) is 13.1 Å². The first kappa shape index (κ1) is 16.0. The van der Waals surface area contributed by atoms with E-state index in [1.807, 2.05) is 6.92 Å². The zero-order valence-electron chi connectivity index (χ0n) is 11.8. The fourth-order valence-electron chi connectivity index (χ4n) is 2.07. The largest absolute Gasteiger partial charge is 0.452 e. The quantitative estimate of drug-likeness (QED) is 0.743. The SMILES string of the molecule is CCNCc1cc(S(=O)(=O)NCC2(CC)CC2)c(Br)o1. The van der Waals surface area contributed by atoms with E-state index in [1.54, 1.807) is 6.07 Å². The molecule has 1 aromatic rings. The minimum absolute atomic E-state index is 0.176. The van der Waals surface area contributed by atoms with Crippen molar-refractivity contribution in [2.24, 2.45) is 5.41 Å². The number of rotatable bonds is 8. The fraction of sp³-hybridized carbons (Fsp3) is 0.692. The Labute approximate surface area is 128 Å². The molecule has 0 unspecified atom stereocenters. The lowest BCUT2D eigenvalue weighted by molar-refractivity contribution is 0.461. The van der Waals surface area contributed by atoms with Gasteiger partial charge in [0.2, 0.25) is 10.0 Å². The molecule has 0 amide bonds. The van der Waals surface area contributed by atoms with Crippen molar-refractivity contribution in [3.05, 3.63) is 16.5 Å². The molecule has 0 saturated heterocycles. The summed E-state index contributed by atoms with van der Waals surface area (Å²) in [5.74, 6) is 0.607. The molecule has 5 nitrogen and oxygen atoms in total. The molecule has 2 N–H and O–H groups in total. The van der Waals surface area contributed by atoms with Crippen LogP contribution in [0.15, 0.2) is 20.0 Å². The van der Waals surface area contributed by atoms with Crippen LogP contribution in [0.25, 0.3) is 0 Å². The van der Waals surface area contributed by atoms with Gasteiger partial charge in [-0.15, -0.1) is 0 Å². The summed E-state index contributed by atoms with van der Waals surface area (Å²) >= 11 is 3.18. The molecule has 1 aliphatic rings. The number of nitrogens with one attached hydrogen (secondary N) is 2. The highest BCUT2D eigenvalue weighted by atomic mass is 79.9. The van der Waals surface area contributed by atoms with E-state index in [0.29, 0.717) is 18.8 Å². The van der Waals surface area contributed by atoms with Crippen molar-refractivity contribution in [2.75, 3.05) is 13.1 Å². The Morgan fingerprint density at radius 1 is 1.40 bits per heavy atom. The van der Waals surface area contributed by atoms with Crippen LogP contribution in [0, 0.1) is 5.41 Å². The smallest absolute Gasteiger partial charge is 0.244 e. The molecule has 1 aliphatic carbocycles. The lowest BCUT2D eigenvalue weighted by atomic mass is 10.1. The van der Waals surface area contributed by atoms with E-state index in [9.17, 15) is 8.42 Å². The van der Waals surface area contributed by atoms with Gasteiger partial charge in [0.15, 0.2) is 4.67 Å². The van der Waals surface area contributed by atoms with Crippen LogP contribution < -0.4 is 10.0 Å². The summed E-state index contributed by atoms with van der Waals surface area (Å²) in [4.78, 5) is 0.178. The van der Waals surface area contributed by atoms with Crippen molar-refractivity contribution < 1.29 is 12.8 Å². The molecule has 1 heterocycles. The van der Waals surface area contributed by atoms with E-state index in [2.05, 4.69) is 32.9 Å². The minimum Gasteiger partial charge on any atom is -0.452 e. The van der Waals surface area contributed by atoms with Crippen LogP contribution in [0.1, 0.15) is 38.9 Å². The number of halogens is 1. The van der Waals surface area contributed by atoms with Gasteiger partial charge >= 0.3 is 0 Å². The van der Waals surface area contributed by atoms with Crippen molar-refractivity contribution in [2.45, 2.75) is 44.6 Å². The summed E-state index contributed by atoms with van der Waals surface area (Å²) in [6.45, 7) is 5.91. The summed E-state index contributed by atoms with van der Waals surface area (Å²) < 4.78 is 33.0. The van der Waals surface area contributed by atoms with Crippen LogP contribution >= 0.6 is 15.9 Å². The number of sulfonamides is 1. The lowest BCUT2D eigenvalue weighted by Gasteiger charge is -2.13. The van der Waals surface area contributed by atoms with Gasteiger partial charge in [0.1, 0.15) is 10.7 Å². The van der Waals surface area contributed by atoms with Gasteiger partial charge in [-0.05, 0) is 47.2 Å². The fourth-order valence-corrected chi connectivity index (χ4v) is 4.23. The molecule has 0 atom stereocenters. The average Bonchev–Trinajstić information content (AvgIpc) is 3.11. The van der Waals surface area contributed by atoms with Crippen LogP contribution in [-0.2, 0) is 16.6 Å². The van der Waals surface area contributed by atoms with Gasteiger partial charge in [0, 0.05) is 12.6 Å². The molecule has 1 fully saturated rings. The first-order valence-corrected chi connectivity index (χ1v) is 9.18. The summed E-state index contributed by atoms with van der Waals surface area (Å²) in [5.41, 5.74) is 0.176. The third kappa shape index (κ3) is 3.63. The molecule has 1 aromatic heterocycles. The van der Waals surface area contributed by atoms with Crippen LogP contribution in [0.3, 0.4) is 0 Å². The van der Waals surface area contributed by atoms with Crippen molar-refractivity contribution in [3.63, 3.8) is 0 Å². The molecule has 1 saturated carbocycles. The molecule has 0 aromatic carbocycles. The van der Waals surface area contributed by atoms with E-state index in [4.69, 9.17) is 4.42 Å². The van der Waals surface area contributed by atoms with Gasteiger partial charge in [-0.3, -0.25) is 0 Å². The molecule has 0 aliphatic heterocycles. The number of furan rings is 1. The monoisotopic (exact) mass is 364 g/mol. The summed E-state index contributed by atoms with van der Waals surface area (Å²) in [6, 6.07) is 1.57. The van der Waals surface area contributed by atoms with E-state index in [1.165, 1.54) is 0 Å². The summed E-state index contributed by atoms with van der Waals surface area (Å²) in [7, 11) is -3.52. The van der Waals surface area contributed by atoms with Crippen molar-refractivity contribution in [1.29, 1.82) is 0 Å². The van der Waals surface area contributed by atoms with Gasteiger partial charge in [0.25, 0.3) is 0 Å². The normalized spacial score (nSPS) is 17.4. The van der Waals surface area contributed by atoms with Crippen molar-refractivity contribution >= 4 is 26.0 Å². The Bertz CT molecular complexity index is 564. The molecule has 7 heteroatoms. The minimum atomic E-state index is -3.52. The summed E-state index contributed by atoms with van der Waals surface area (Å²) in [6.07, 6.45) is 3.21. The van der Waals surface area contributed by atoms with Gasteiger partial charge < -0.3 is 9.73 Å². The average molecular weight is 365 g/mol. The molecule has 0 radical (unpaired) electrons. The van der Waals surface area contributed by atoms with Gasteiger partial charge in [0.05, 0.1) is 6.54 Å². The van der Waals surface area contributed by atoms with Crippen molar-refractivity contribution in [3.8, 4) is 0 Å². The summed E-state index contributed by atoms with van der Waals surface area (Å²) in [5, 5.41) is 3.10.